The number of hydrogen-bond donors (Lipinski definition) is 1. The van der Waals surface area contributed by atoms with E-state index in [2.05, 4.69) is 19.9 Å². The van der Waals surface area contributed by atoms with Crippen molar-refractivity contribution in [3.05, 3.63) is 0 Å². The fraction of sp³-hybridized carbons (Fsp3) is 0.933. The van der Waals surface area contributed by atoms with E-state index in [1.54, 1.807) is 0 Å². The zero-order chi connectivity index (χ0) is 12.5. The standard InChI is InChI=1S/C15H25NO/c1-3-11(10-16)12-7-8-13-14(17)6-4-5-9-15(12,13)2/h11-14,17H,3-9H2,1-2H3. The molecule has 5 unspecified atom stereocenters. The average molecular weight is 235 g/mol. The number of nitrogens with zero attached hydrogens (tertiary/aromatic N) is 1. The molecule has 0 bridgehead atoms. The number of aliphatic hydroxyl groups excluding tert-OH is 1. The Hall–Kier alpha value is -0.550. The van der Waals surface area contributed by atoms with Gasteiger partial charge in [-0.1, -0.05) is 26.7 Å². The first-order chi connectivity index (χ1) is 8.13. The Kier molecular flexibility index (Phi) is 3.78. The Morgan fingerprint density at radius 3 is 2.76 bits per heavy atom. The second kappa shape index (κ2) is 4.98. The molecular formula is C15H25NO. The van der Waals surface area contributed by atoms with Gasteiger partial charge in [0.15, 0.2) is 0 Å². The smallest absolute Gasteiger partial charge is 0.0658 e. The van der Waals surface area contributed by atoms with Gasteiger partial charge in [-0.15, -0.1) is 0 Å². The number of hydrogen-bond acceptors (Lipinski definition) is 2. The van der Waals surface area contributed by atoms with E-state index >= 15 is 0 Å². The zero-order valence-corrected chi connectivity index (χ0v) is 11.2. The highest BCUT2D eigenvalue weighted by molar-refractivity contribution is 5.04. The monoisotopic (exact) mass is 235 g/mol. The molecule has 0 heterocycles. The van der Waals surface area contributed by atoms with Crippen LogP contribution >= 0.6 is 0 Å². The molecule has 17 heavy (non-hydrogen) atoms. The Morgan fingerprint density at radius 2 is 2.12 bits per heavy atom. The molecule has 2 saturated carbocycles. The van der Waals surface area contributed by atoms with E-state index < -0.39 is 0 Å². The molecule has 5 atom stereocenters. The van der Waals surface area contributed by atoms with E-state index in [4.69, 9.17) is 0 Å². The van der Waals surface area contributed by atoms with E-state index in [9.17, 15) is 10.4 Å². The minimum Gasteiger partial charge on any atom is -0.393 e. The number of aliphatic hydroxyl groups is 1. The van der Waals surface area contributed by atoms with Crippen molar-refractivity contribution >= 4 is 0 Å². The van der Waals surface area contributed by atoms with Crippen molar-refractivity contribution in [1.82, 2.24) is 0 Å². The number of fused-ring (bicyclic) bond motifs is 1. The lowest BCUT2D eigenvalue weighted by molar-refractivity contribution is 0.0223. The summed E-state index contributed by atoms with van der Waals surface area (Å²) in [7, 11) is 0. The number of rotatable bonds is 2. The Bertz CT molecular complexity index is 309. The van der Waals surface area contributed by atoms with Gasteiger partial charge < -0.3 is 5.11 Å². The molecule has 0 aromatic carbocycles. The Balaban J connectivity index is 2.24. The van der Waals surface area contributed by atoms with Gasteiger partial charge in [-0.3, -0.25) is 0 Å². The minimum absolute atomic E-state index is 0.122. The van der Waals surface area contributed by atoms with Crippen molar-refractivity contribution in [1.29, 1.82) is 5.26 Å². The predicted molar refractivity (Wildman–Crippen MR) is 68.2 cm³/mol. The van der Waals surface area contributed by atoms with Crippen LogP contribution < -0.4 is 0 Å². The lowest BCUT2D eigenvalue weighted by Gasteiger charge is -2.39. The summed E-state index contributed by atoms with van der Waals surface area (Å²) >= 11 is 0. The van der Waals surface area contributed by atoms with Gasteiger partial charge >= 0.3 is 0 Å². The van der Waals surface area contributed by atoms with Gasteiger partial charge in [0.1, 0.15) is 0 Å². The molecule has 2 nitrogen and oxygen atoms in total. The van der Waals surface area contributed by atoms with Crippen LogP contribution in [0.2, 0.25) is 0 Å². The third kappa shape index (κ3) is 2.10. The molecule has 2 aliphatic carbocycles. The molecule has 0 saturated heterocycles. The van der Waals surface area contributed by atoms with Crippen LogP contribution in [0.15, 0.2) is 0 Å². The molecule has 2 aliphatic rings. The van der Waals surface area contributed by atoms with Crippen LogP contribution in [0, 0.1) is 34.5 Å². The SMILES string of the molecule is CCC(C#N)C1CCC2C(O)CCCCC21C. The highest BCUT2D eigenvalue weighted by Gasteiger charge is 2.51. The molecule has 0 spiro atoms. The van der Waals surface area contributed by atoms with Gasteiger partial charge in [0, 0.05) is 5.92 Å². The van der Waals surface area contributed by atoms with E-state index in [1.165, 1.54) is 12.8 Å². The summed E-state index contributed by atoms with van der Waals surface area (Å²) in [6.07, 6.45) is 7.66. The summed E-state index contributed by atoms with van der Waals surface area (Å²) in [5.41, 5.74) is 0.215. The van der Waals surface area contributed by atoms with E-state index in [1.807, 2.05) is 0 Å². The summed E-state index contributed by atoms with van der Waals surface area (Å²) in [5.74, 6) is 1.14. The van der Waals surface area contributed by atoms with Gasteiger partial charge in [0.2, 0.25) is 0 Å². The average Bonchev–Trinajstić information content (AvgIpc) is 2.58. The maximum absolute atomic E-state index is 10.3. The molecule has 2 heteroatoms. The van der Waals surface area contributed by atoms with Crippen molar-refractivity contribution in [2.75, 3.05) is 0 Å². The van der Waals surface area contributed by atoms with E-state index in [0.29, 0.717) is 11.8 Å². The molecule has 0 aromatic rings. The lowest BCUT2D eigenvalue weighted by atomic mass is 9.65. The summed E-state index contributed by atoms with van der Waals surface area (Å²) in [4.78, 5) is 0. The fourth-order valence-corrected chi connectivity index (χ4v) is 4.48. The highest BCUT2D eigenvalue weighted by Crippen LogP contribution is 2.57. The molecule has 96 valence electrons. The molecule has 2 fully saturated rings. The third-order valence-electron chi connectivity index (χ3n) is 5.50. The Labute approximate surface area is 105 Å². The van der Waals surface area contributed by atoms with Crippen molar-refractivity contribution in [3.8, 4) is 6.07 Å². The zero-order valence-electron chi connectivity index (χ0n) is 11.2. The summed E-state index contributed by atoms with van der Waals surface area (Å²) in [6, 6.07) is 2.51. The first-order valence-corrected chi connectivity index (χ1v) is 7.21. The van der Waals surface area contributed by atoms with Gasteiger partial charge in [-0.25, -0.2) is 0 Å². The summed E-state index contributed by atoms with van der Waals surface area (Å²) in [6.45, 7) is 4.46. The molecular weight excluding hydrogens is 210 g/mol. The van der Waals surface area contributed by atoms with Crippen molar-refractivity contribution in [2.45, 2.75) is 64.9 Å². The molecule has 1 N–H and O–H groups in total. The van der Waals surface area contributed by atoms with Crippen LogP contribution in [-0.2, 0) is 0 Å². The van der Waals surface area contributed by atoms with Gasteiger partial charge in [-0.05, 0) is 49.4 Å². The van der Waals surface area contributed by atoms with Crippen LogP contribution in [0.1, 0.15) is 58.8 Å². The summed E-state index contributed by atoms with van der Waals surface area (Å²) in [5, 5.41) is 19.6. The van der Waals surface area contributed by atoms with Crippen molar-refractivity contribution in [2.24, 2.45) is 23.2 Å². The molecule has 0 aromatic heterocycles. The second-order valence-electron chi connectivity index (χ2n) is 6.25. The highest BCUT2D eigenvalue weighted by atomic mass is 16.3. The quantitative estimate of drug-likeness (QED) is 0.796. The largest absolute Gasteiger partial charge is 0.393 e. The van der Waals surface area contributed by atoms with Crippen molar-refractivity contribution < 1.29 is 5.11 Å². The van der Waals surface area contributed by atoms with Gasteiger partial charge in [0.05, 0.1) is 12.2 Å². The molecule has 0 aliphatic heterocycles. The molecule has 0 amide bonds. The normalized spacial score (nSPS) is 43.5. The second-order valence-corrected chi connectivity index (χ2v) is 6.25. The van der Waals surface area contributed by atoms with Gasteiger partial charge in [-0.2, -0.15) is 5.26 Å². The Morgan fingerprint density at radius 1 is 1.35 bits per heavy atom. The minimum atomic E-state index is -0.122. The topological polar surface area (TPSA) is 44.0 Å². The van der Waals surface area contributed by atoms with E-state index in [0.717, 1.165) is 32.1 Å². The lowest BCUT2D eigenvalue weighted by Crippen LogP contribution is -2.36. The van der Waals surface area contributed by atoms with Crippen LogP contribution in [0.3, 0.4) is 0 Å². The predicted octanol–water partition coefficient (Wildman–Crippen LogP) is 3.50. The van der Waals surface area contributed by atoms with Crippen LogP contribution in [0.5, 0.6) is 0 Å². The fourth-order valence-electron chi connectivity index (χ4n) is 4.48. The van der Waals surface area contributed by atoms with Crippen LogP contribution in [-0.4, -0.2) is 11.2 Å². The maximum atomic E-state index is 10.3. The molecule has 0 radical (unpaired) electrons. The van der Waals surface area contributed by atoms with E-state index in [-0.39, 0.29) is 17.4 Å². The van der Waals surface area contributed by atoms with Gasteiger partial charge in [0.25, 0.3) is 0 Å². The third-order valence-corrected chi connectivity index (χ3v) is 5.50. The van der Waals surface area contributed by atoms with Crippen molar-refractivity contribution in [3.63, 3.8) is 0 Å². The molecule has 2 rings (SSSR count). The maximum Gasteiger partial charge on any atom is 0.0658 e. The summed E-state index contributed by atoms with van der Waals surface area (Å²) < 4.78 is 0. The first-order valence-electron chi connectivity index (χ1n) is 7.21. The van der Waals surface area contributed by atoms with Crippen LogP contribution in [0.4, 0.5) is 0 Å². The first kappa shape index (κ1) is 12.9. The number of nitriles is 1. The van der Waals surface area contributed by atoms with Crippen LogP contribution in [0.25, 0.3) is 0 Å².